The van der Waals surface area contributed by atoms with Gasteiger partial charge in [-0.15, -0.1) is 0 Å². The Morgan fingerprint density at radius 3 is 2.07 bits per heavy atom. The van der Waals surface area contributed by atoms with E-state index in [4.69, 9.17) is 33.0 Å². The lowest BCUT2D eigenvalue weighted by atomic mass is 9.97. The number of carbonyl (C=O) groups excluding carboxylic acids is 1. The lowest BCUT2D eigenvalue weighted by molar-refractivity contribution is -0.136. The summed E-state index contributed by atoms with van der Waals surface area (Å²) in [6.07, 6.45) is 3.51. The molecule has 2 aromatic carbocycles. The Balaban J connectivity index is 2.07. The molecule has 29 heavy (non-hydrogen) atoms. The van der Waals surface area contributed by atoms with E-state index in [0.29, 0.717) is 17.0 Å². The smallest absolute Gasteiger partial charge is 0.307 e. The first kappa shape index (κ1) is 23.0. The van der Waals surface area contributed by atoms with Crippen LogP contribution in [0, 0.1) is 5.92 Å². The van der Waals surface area contributed by atoms with E-state index in [1.54, 1.807) is 24.3 Å². The maximum absolute atomic E-state index is 12.4. The Bertz CT molecular complexity index is 823. The summed E-state index contributed by atoms with van der Waals surface area (Å²) in [5.74, 6) is -0.171. The number of halogens is 2. The Kier molecular flexibility index (Phi) is 8.80. The van der Waals surface area contributed by atoms with Crippen molar-refractivity contribution in [1.82, 2.24) is 0 Å². The van der Waals surface area contributed by atoms with E-state index in [-0.39, 0.29) is 34.0 Å². The molecule has 0 saturated carbocycles. The molecule has 5 nitrogen and oxygen atoms in total. The Hall–Kier alpha value is -2.24. The molecule has 2 N–H and O–H groups in total. The van der Waals surface area contributed by atoms with E-state index in [2.05, 4.69) is 19.2 Å². The third-order valence-corrected chi connectivity index (χ3v) is 4.96. The van der Waals surface area contributed by atoms with Crippen LogP contribution >= 0.6 is 23.2 Å². The normalized spacial score (nSPS) is 10.8. The van der Waals surface area contributed by atoms with Gasteiger partial charge in [-0.25, -0.2) is 0 Å². The maximum Gasteiger partial charge on any atom is 0.307 e. The first-order chi connectivity index (χ1) is 13.8. The fraction of sp³-hybridized carbons (Fsp3) is 0.364. The molecule has 0 aliphatic heterocycles. The first-order valence-electron chi connectivity index (χ1n) is 9.62. The minimum Gasteiger partial charge on any atom is -0.481 e. The molecule has 0 radical (unpaired) electrons. The van der Waals surface area contributed by atoms with Gasteiger partial charge in [-0.3, -0.25) is 9.59 Å². The molecule has 1 amide bonds. The topological polar surface area (TPSA) is 75.6 Å². The zero-order valence-electron chi connectivity index (χ0n) is 16.5. The average Bonchev–Trinajstić information content (AvgIpc) is 2.65. The number of carbonyl (C=O) groups is 2. The monoisotopic (exact) mass is 437 g/mol. The summed E-state index contributed by atoms with van der Waals surface area (Å²) in [5, 5.41) is 12.3. The summed E-state index contributed by atoms with van der Waals surface area (Å²) in [6, 6.07) is 9.97. The Labute approximate surface area is 181 Å². The standard InChI is InChI=1S/C22H25Cl2NO4/c1-3-5-15(6-4-2)22(28)25-16-7-9-17(10-8-16)29-21-18(23)11-14(12-19(21)24)13-20(26)27/h7-12,15H,3-6,13H2,1-2H3,(H,25,28)(H,26,27). The molecular formula is C22H25Cl2NO4. The molecule has 2 rings (SSSR count). The first-order valence-corrected chi connectivity index (χ1v) is 10.4. The maximum atomic E-state index is 12.4. The summed E-state index contributed by atoms with van der Waals surface area (Å²) in [4.78, 5) is 23.3. The fourth-order valence-corrected chi connectivity index (χ4v) is 3.67. The number of ether oxygens (including phenoxy) is 1. The van der Waals surface area contributed by atoms with Crippen molar-refractivity contribution in [1.29, 1.82) is 0 Å². The number of hydrogen-bond acceptors (Lipinski definition) is 3. The summed E-state index contributed by atoms with van der Waals surface area (Å²) in [5.41, 5.74) is 1.18. The van der Waals surface area contributed by atoms with Gasteiger partial charge in [-0.2, -0.15) is 0 Å². The van der Waals surface area contributed by atoms with Gasteiger partial charge in [0.2, 0.25) is 5.91 Å². The van der Waals surface area contributed by atoms with E-state index >= 15 is 0 Å². The number of anilines is 1. The van der Waals surface area contributed by atoms with Crippen molar-refractivity contribution in [3.63, 3.8) is 0 Å². The van der Waals surface area contributed by atoms with Crippen LogP contribution in [0.5, 0.6) is 11.5 Å². The molecule has 0 heterocycles. The minimum absolute atomic E-state index is 0.0165. The quantitative estimate of drug-likeness (QED) is 0.440. The number of carboxylic acid groups (broad SMARTS) is 1. The van der Waals surface area contributed by atoms with Crippen LogP contribution in [0.2, 0.25) is 10.0 Å². The van der Waals surface area contributed by atoms with Gasteiger partial charge in [-0.05, 0) is 54.8 Å². The van der Waals surface area contributed by atoms with E-state index in [0.717, 1.165) is 25.7 Å². The third-order valence-electron chi connectivity index (χ3n) is 4.40. The predicted molar refractivity (Wildman–Crippen MR) is 116 cm³/mol. The summed E-state index contributed by atoms with van der Waals surface area (Å²) >= 11 is 12.4. The van der Waals surface area contributed by atoms with Crippen LogP contribution in [0.25, 0.3) is 0 Å². The molecule has 0 aliphatic rings. The van der Waals surface area contributed by atoms with Gasteiger partial charge in [0, 0.05) is 11.6 Å². The molecule has 0 unspecified atom stereocenters. The van der Waals surface area contributed by atoms with Crippen molar-refractivity contribution in [3.05, 3.63) is 52.0 Å². The highest BCUT2D eigenvalue weighted by atomic mass is 35.5. The molecule has 0 aromatic heterocycles. The molecular weight excluding hydrogens is 413 g/mol. The third kappa shape index (κ3) is 6.94. The molecule has 0 atom stereocenters. The molecule has 0 aliphatic carbocycles. The van der Waals surface area contributed by atoms with Crippen molar-refractivity contribution in [2.75, 3.05) is 5.32 Å². The zero-order chi connectivity index (χ0) is 21.4. The highest BCUT2D eigenvalue weighted by molar-refractivity contribution is 6.37. The molecule has 156 valence electrons. The Morgan fingerprint density at radius 1 is 1.03 bits per heavy atom. The second-order valence-electron chi connectivity index (χ2n) is 6.85. The lowest BCUT2D eigenvalue weighted by Crippen LogP contribution is -2.22. The van der Waals surface area contributed by atoms with Crippen LogP contribution in [0.15, 0.2) is 36.4 Å². The zero-order valence-corrected chi connectivity index (χ0v) is 18.0. The van der Waals surface area contributed by atoms with Gasteiger partial charge in [0.05, 0.1) is 16.5 Å². The van der Waals surface area contributed by atoms with Crippen LogP contribution in [0.4, 0.5) is 5.69 Å². The van der Waals surface area contributed by atoms with E-state index in [1.807, 2.05) is 0 Å². The van der Waals surface area contributed by atoms with E-state index in [1.165, 1.54) is 12.1 Å². The van der Waals surface area contributed by atoms with Crippen LogP contribution in [-0.2, 0) is 16.0 Å². The van der Waals surface area contributed by atoms with Gasteiger partial charge in [-0.1, -0.05) is 49.9 Å². The van der Waals surface area contributed by atoms with Gasteiger partial charge < -0.3 is 15.2 Å². The molecule has 7 heteroatoms. The van der Waals surface area contributed by atoms with Crippen LogP contribution in [0.1, 0.15) is 45.1 Å². The SMILES string of the molecule is CCCC(CCC)C(=O)Nc1ccc(Oc2c(Cl)cc(CC(=O)O)cc2Cl)cc1. The molecule has 0 saturated heterocycles. The number of aliphatic carboxylic acids is 1. The number of nitrogens with one attached hydrogen (secondary N) is 1. The fourth-order valence-electron chi connectivity index (χ4n) is 3.06. The number of rotatable bonds is 10. The molecule has 0 bridgehead atoms. The summed E-state index contributed by atoms with van der Waals surface area (Å²) < 4.78 is 5.76. The highest BCUT2D eigenvalue weighted by Gasteiger charge is 2.17. The summed E-state index contributed by atoms with van der Waals surface area (Å²) in [7, 11) is 0. The summed E-state index contributed by atoms with van der Waals surface area (Å²) in [6.45, 7) is 4.15. The molecule has 0 spiro atoms. The second-order valence-corrected chi connectivity index (χ2v) is 7.66. The Morgan fingerprint density at radius 2 is 1.59 bits per heavy atom. The largest absolute Gasteiger partial charge is 0.481 e. The van der Waals surface area contributed by atoms with Crippen LogP contribution in [-0.4, -0.2) is 17.0 Å². The van der Waals surface area contributed by atoms with Gasteiger partial charge in [0.1, 0.15) is 5.75 Å². The number of amides is 1. The number of carboxylic acids is 1. The number of benzene rings is 2. The minimum atomic E-state index is -0.969. The van der Waals surface area contributed by atoms with Crippen molar-refractivity contribution in [2.45, 2.75) is 46.0 Å². The molecule has 0 fully saturated rings. The van der Waals surface area contributed by atoms with Crippen LogP contribution in [0.3, 0.4) is 0 Å². The van der Waals surface area contributed by atoms with Crippen molar-refractivity contribution < 1.29 is 19.4 Å². The highest BCUT2D eigenvalue weighted by Crippen LogP contribution is 2.37. The van der Waals surface area contributed by atoms with Gasteiger partial charge in [0.25, 0.3) is 0 Å². The van der Waals surface area contributed by atoms with Crippen molar-refractivity contribution >= 4 is 40.8 Å². The van der Waals surface area contributed by atoms with Crippen molar-refractivity contribution in [2.24, 2.45) is 5.92 Å². The predicted octanol–water partition coefficient (Wildman–Crippen LogP) is 6.57. The van der Waals surface area contributed by atoms with E-state index < -0.39 is 5.97 Å². The van der Waals surface area contributed by atoms with Crippen molar-refractivity contribution in [3.8, 4) is 11.5 Å². The lowest BCUT2D eigenvalue weighted by Gasteiger charge is -2.16. The average molecular weight is 438 g/mol. The van der Waals surface area contributed by atoms with Gasteiger partial charge >= 0.3 is 5.97 Å². The van der Waals surface area contributed by atoms with Gasteiger partial charge in [0.15, 0.2) is 5.75 Å². The van der Waals surface area contributed by atoms with E-state index in [9.17, 15) is 9.59 Å². The van der Waals surface area contributed by atoms with Crippen LogP contribution < -0.4 is 10.1 Å². The second kappa shape index (κ2) is 11.1. The number of hydrogen-bond donors (Lipinski definition) is 2. The molecule has 2 aromatic rings.